The van der Waals surface area contributed by atoms with Gasteiger partial charge in [0.2, 0.25) is 0 Å². The van der Waals surface area contributed by atoms with Crippen molar-refractivity contribution in [1.29, 1.82) is 0 Å². The molecule has 0 aromatic rings. The summed E-state index contributed by atoms with van der Waals surface area (Å²) in [6.07, 6.45) is 3.59. The van der Waals surface area contributed by atoms with Crippen molar-refractivity contribution >= 4 is 5.97 Å². The molecule has 112 valence electrons. The summed E-state index contributed by atoms with van der Waals surface area (Å²) >= 11 is 0. The van der Waals surface area contributed by atoms with Crippen molar-refractivity contribution in [2.24, 2.45) is 11.3 Å². The normalized spacial score (nSPS) is 24.8. The van der Waals surface area contributed by atoms with Crippen LogP contribution in [0.2, 0.25) is 0 Å². The van der Waals surface area contributed by atoms with E-state index in [1.165, 1.54) is 0 Å². The number of carbonyl (C=O) groups is 1. The molecule has 1 heterocycles. The van der Waals surface area contributed by atoms with Crippen LogP contribution in [-0.2, 0) is 9.53 Å². The maximum Gasteiger partial charge on any atom is 0.310 e. The minimum absolute atomic E-state index is 0.532. The second-order valence-electron chi connectivity index (χ2n) is 6.11. The fraction of sp³-hybridized carbons (Fsp3) is 0.933. The molecule has 0 aliphatic carbocycles. The highest BCUT2D eigenvalue weighted by molar-refractivity contribution is 5.75. The minimum Gasteiger partial charge on any atom is -0.481 e. The Balaban J connectivity index is 2.29. The fourth-order valence-electron chi connectivity index (χ4n) is 2.65. The van der Waals surface area contributed by atoms with Gasteiger partial charge in [-0.1, -0.05) is 20.8 Å². The molecule has 0 spiro atoms. The maximum absolute atomic E-state index is 11.4. The zero-order valence-electron chi connectivity index (χ0n) is 12.7. The van der Waals surface area contributed by atoms with E-state index in [-0.39, 0.29) is 0 Å². The summed E-state index contributed by atoms with van der Waals surface area (Å²) in [6, 6.07) is 0. The van der Waals surface area contributed by atoms with E-state index in [0.29, 0.717) is 25.5 Å². The lowest BCUT2D eigenvalue weighted by Gasteiger charge is -2.39. The molecule has 1 aliphatic heterocycles. The van der Waals surface area contributed by atoms with Crippen LogP contribution in [0.4, 0.5) is 0 Å². The van der Waals surface area contributed by atoms with Crippen molar-refractivity contribution in [3.8, 4) is 0 Å². The van der Waals surface area contributed by atoms with Crippen LogP contribution in [0.1, 0.15) is 46.5 Å². The van der Waals surface area contributed by atoms with E-state index in [1.54, 1.807) is 0 Å². The van der Waals surface area contributed by atoms with E-state index in [4.69, 9.17) is 4.74 Å². The zero-order valence-corrected chi connectivity index (χ0v) is 12.7. The quantitative estimate of drug-likeness (QED) is 0.689. The largest absolute Gasteiger partial charge is 0.481 e. The average molecular weight is 271 g/mol. The highest BCUT2D eigenvalue weighted by Gasteiger charge is 2.40. The van der Waals surface area contributed by atoms with Crippen molar-refractivity contribution < 1.29 is 14.6 Å². The monoisotopic (exact) mass is 271 g/mol. The summed E-state index contributed by atoms with van der Waals surface area (Å²) in [5.74, 6) is 0.0372. The summed E-state index contributed by atoms with van der Waals surface area (Å²) in [5, 5.41) is 9.42. The first kappa shape index (κ1) is 16.4. The van der Waals surface area contributed by atoms with E-state index in [2.05, 4.69) is 18.7 Å². The molecule has 1 fully saturated rings. The predicted molar refractivity (Wildman–Crippen MR) is 76.3 cm³/mol. The number of carboxylic acids is 1. The number of carboxylic acid groups (broad SMARTS) is 1. The molecule has 0 aromatic heterocycles. The Morgan fingerprint density at radius 1 is 1.42 bits per heavy atom. The van der Waals surface area contributed by atoms with Gasteiger partial charge >= 0.3 is 5.97 Å². The lowest BCUT2D eigenvalue weighted by Crippen LogP contribution is -2.48. The molecule has 1 N–H and O–H groups in total. The highest BCUT2D eigenvalue weighted by Crippen LogP contribution is 2.33. The molecule has 1 rings (SSSR count). The van der Waals surface area contributed by atoms with Gasteiger partial charge in [-0.2, -0.15) is 0 Å². The van der Waals surface area contributed by atoms with Crippen LogP contribution in [0.5, 0.6) is 0 Å². The number of hydrogen-bond acceptors (Lipinski definition) is 3. The van der Waals surface area contributed by atoms with Gasteiger partial charge < -0.3 is 9.84 Å². The molecule has 4 nitrogen and oxygen atoms in total. The molecule has 0 amide bonds. The van der Waals surface area contributed by atoms with Gasteiger partial charge in [-0.3, -0.25) is 9.69 Å². The third kappa shape index (κ3) is 5.11. The third-order valence-corrected chi connectivity index (χ3v) is 4.18. The van der Waals surface area contributed by atoms with Crippen LogP contribution in [0.3, 0.4) is 0 Å². The first-order chi connectivity index (χ1) is 9.00. The van der Waals surface area contributed by atoms with Gasteiger partial charge in [0.15, 0.2) is 0 Å². The number of piperidine rings is 1. The molecule has 0 aromatic carbocycles. The molecule has 0 saturated carbocycles. The number of ether oxygens (including phenoxy) is 1. The molecule has 1 aliphatic rings. The van der Waals surface area contributed by atoms with E-state index in [9.17, 15) is 9.90 Å². The molecule has 1 atom stereocenters. The summed E-state index contributed by atoms with van der Waals surface area (Å²) in [4.78, 5) is 13.7. The summed E-state index contributed by atoms with van der Waals surface area (Å²) < 4.78 is 5.62. The van der Waals surface area contributed by atoms with Crippen LogP contribution in [0.25, 0.3) is 0 Å². The van der Waals surface area contributed by atoms with E-state index in [1.807, 2.05) is 6.92 Å². The second kappa shape index (κ2) is 7.85. The van der Waals surface area contributed by atoms with Gasteiger partial charge in [0.05, 0.1) is 12.0 Å². The molecule has 0 radical (unpaired) electrons. The van der Waals surface area contributed by atoms with Crippen LogP contribution in [0.15, 0.2) is 0 Å². The maximum atomic E-state index is 11.4. The van der Waals surface area contributed by atoms with Crippen LogP contribution < -0.4 is 0 Å². The van der Waals surface area contributed by atoms with Crippen molar-refractivity contribution in [3.05, 3.63) is 0 Å². The SMILES string of the molecule is CCC1(C(=O)O)CCCN(CCOCCC(C)C)C1. The molecule has 4 heteroatoms. The topological polar surface area (TPSA) is 49.8 Å². The van der Waals surface area contributed by atoms with Crippen LogP contribution in [0, 0.1) is 11.3 Å². The minimum atomic E-state index is -0.638. The van der Waals surface area contributed by atoms with Crippen molar-refractivity contribution in [2.75, 3.05) is 32.8 Å². The van der Waals surface area contributed by atoms with E-state index < -0.39 is 11.4 Å². The molecule has 1 saturated heterocycles. The molecular weight excluding hydrogens is 242 g/mol. The molecule has 0 bridgehead atoms. The number of nitrogens with zero attached hydrogens (tertiary/aromatic N) is 1. The van der Waals surface area contributed by atoms with Gasteiger partial charge in [-0.15, -0.1) is 0 Å². The Bertz CT molecular complexity index is 281. The smallest absolute Gasteiger partial charge is 0.310 e. The first-order valence-corrected chi connectivity index (χ1v) is 7.53. The van der Waals surface area contributed by atoms with Crippen molar-refractivity contribution in [3.63, 3.8) is 0 Å². The average Bonchev–Trinajstić information content (AvgIpc) is 2.38. The Morgan fingerprint density at radius 3 is 2.74 bits per heavy atom. The van der Waals surface area contributed by atoms with Gasteiger partial charge in [-0.25, -0.2) is 0 Å². The lowest BCUT2D eigenvalue weighted by molar-refractivity contribution is -0.153. The standard InChI is InChI=1S/C15H29NO3/c1-4-15(14(17)18)7-5-8-16(12-15)9-11-19-10-6-13(2)3/h13H,4-12H2,1-3H3,(H,17,18). The number of rotatable bonds is 8. The van der Waals surface area contributed by atoms with Gasteiger partial charge in [0.25, 0.3) is 0 Å². The molecule has 19 heavy (non-hydrogen) atoms. The van der Waals surface area contributed by atoms with Crippen LogP contribution in [-0.4, -0.2) is 48.8 Å². The fourth-order valence-corrected chi connectivity index (χ4v) is 2.65. The van der Waals surface area contributed by atoms with Crippen molar-refractivity contribution in [2.45, 2.75) is 46.5 Å². The number of aliphatic carboxylic acids is 1. The third-order valence-electron chi connectivity index (χ3n) is 4.18. The lowest BCUT2D eigenvalue weighted by atomic mass is 9.78. The van der Waals surface area contributed by atoms with Gasteiger partial charge in [0, 0.05) is 19.7 Å². The van der Waals surface area contributed by atoms with Gasteiger partial charge in [0.1, 0.15) is 0 Å². The summed E-state index contributed by atoms with van der Waals surface area (Å²) in [7, 11) is 0. The van der Waals surface area contributed by atoms with Crippen molar-refractivity contribution in [1.82, 2.24) is 4.90 Å². The highest BCUT2D eigenvalue weighted by atomic mass is 16.5. The van der Waals surface area contributed by atoms with Crippen LogP contribution >= 0.6 is 0 Å². The summed E-state index contributed by atoms with van der Waals surface area (Å²) in [6.45, 7) is 10.4. The Morgan fingerprint density at radius 2 is 2.16 bits per heavy atom. The summed E-state index contributed by atoms with van der Waals surface area (Å²) in [5.41, 5.74) is -0.532. The number of hydrogen-bond donors (Lipinski definition) is 1. The van der Waals surface area contributed by atoms with E-state index >= 15 is 0 Å². The molecular formula is C15H29NO3. The second-order valence-corrected chi connectivity index (χ2v) is 6.11. The first-order valence-electron chi connectivity index (χ1n) is 7.53. The Labute approximate surface area is 117 Å². The zero-order chi connectivity index (χ0) is 14.3. The number of likely N-dealkylation sites (tertiary alicyclic amines) is 1. The van der Waals surface area contributed by atoms with E-state index in [0.717, 1.165) is 39.0 Å². The van der Waals surface area contributed by atoms with Gasteiger partial charge in [-0.05, 0) is 38.1 Å². The Hall–Kier alpha value is -0.610. The molecule has 1 unspecified atom stereocenters. The predicted octanol–water partition coefficient (Wildman–Crippen LogP) is 2.63. The Kier molecular flexibility index (Phi) is 6.80.